The zero-order valence-corrected chi connectivity index (χ0v) is 12.9. The molecule has 1 aromatic heterocycles. The summed E-state index contributed by atoms with van der Waals surface area (Å²) >= 11 is 0. The molecule has 0 amide bonds. The zero-order valence-electron chi connectivity index (χ0n) is 12.9. The predicted molar refractivity (Wildman–Crippen MR) is 79.4 cm³/mol. The van der Waals surface area contributed by atoms with E-state index in [1.165, 1.54) is 0 Å². The number of aliphatic hydroxyl groups is 1. The topological polar surface area (TPSA) is 54.4 Å². The van der Waals surface area contributed by atoms with E-state index in [1.807, 2.05) is 25.1 Å². The molecule has 0 aliphatic heterocycles. The first kappa shape index (κ1) is 15.4. The maximum absolute atomic E-state index is 10.8. The van der Waals surface area contributed by atoms with E-state index < -0.39 is 5.60 Å². The number of nitrogens with one attached hydrogen (secondary N) is 1. The Morgan fingerprint density at radius 2 is 2.25 bits per heavy atom. The number of ether oxygens (including phenoxy) is 1. The van der Waals surface area contributed by atoms with Crippen LogP contribution in [-0.2, 0) is 4.74 Å². The molecule has 112 valence electrons. The Labute approximate surface area is 121 Å². The maximum atomic E-state index is 10.8. The second-order valence-corrected chi connectivity index (χ2v) is 6.26. The van der Waals surface area contributed by atoms with Gasteiger partial charge in [-0.2, -0.15) is 0 Å². The van der Waals surface area contributed by atoms with Crippen molar-refractivity contribution in [2.24, 2.45) is 5.41 Å². The molecule has 2 N–H and O–H groups in total. The molecule has 1 saturated carbocycles. The summed E-state index contributed by atoms with van der Waals surface area (Å²) < 4.78 is 5.68. The van der Waals surface area contributed by atoms with Gasteiger partial charge in [0.2, 0.25) is 0 Å². The van der Waals surface area contributed by atoms with Crippen molar-refractivity contribution < 1.29 is 9.84 Å². The highest BCUT2D eigenvalue weighted by Gasteiger charge is 2.59. The maximum Gasteiger partial charge on any atom is 0.0871 e. The van der Waals surface area contributed by atoms with Crippen LogP contribution in [0.25, 0.3) is 0 Å². The molecule has 1 fully saturated rings. The number of rotatable bonds is 6. The Hall–Kier alpha value is -0.970. The Balaban J connectivity index is 1.91. The average Bonchev–Trinajstić information content (AvgIpc) is 2.45. The van der Waals surface area contributed by atoms with Crippen LogP contribution in [0.2, 0.25) is 0 Å². The van der Waals surface area contributed by atoms with Crippen molar-refractivity contribution in [1.82, 2.24) is 10.3 Å². The molecule has 2 rings (SSSR count). The molecule has 0 saturated heterocycles. The third-order valence-electron chi connectivity index (χ3n) is 4.73. The molecule has 0 aromatic carbocycles. The SMILES string of the molecule is CCO[C@@H]1C[C@](O)(CN[C@@H](C)c2ccccn2)C1(C)C. The van der Waals surface area contributed by atoms with Crippen LogP contribution in [0.15, 0.2) is 24.4 Å². The minimum atomic E-state index is -0.712. The van der Waals surface area contributed by atoms with Crippen molar-refractivity contribution in [1.29, 1.82) is 0 Å². The molecule has 20 heavy (non-hydrogen) atoms. The smallest absolute Gasteiger partial charge is 0.0871 e. The Kier molecular flexibility index (Phi) is 4.47. The largest absolute Gasteiger partial charge is 0.388 e. The molecule has 1 aliphatic rings. The van der Waals surface area contributed by atoms with Crippen molar-refractivity contribution in [3.8, 4) is 0 Å². The minimum Gasteiger partial charge on any atom is -0.388 e. The normalized spacial score (nSPS) is 29.8. The summed E-state index contributed by atoms with van der Waals surface area (Å²) in [4.78, 5) is 4.34. The first-order chi connectivity index (χ1) is 9.40. The summed E-state index contributed by atoms with van der Waals surface area (Å²) in [7, 11) is 0. The second kappa shape index (κ2) is 5.80. The molecule has 0 radical (unpaired) electrons. The van der Waals surface area contributed by atoms with E-state index in [0.717, 1.165) is 5.69 Å². The first-order valence-corrected chi connectivity index (χ1v) is 7.39. The van der Waals surface area contributed by atoms with E-state index >= 15 is 0 Å². The van der Waals surface area contributed by atoms with E-state index in [0.29, 0.717) is 19.6 Å². The Morgan fingerprint density at radius 1 is 1.50 bits per heavy atom. The quantitative estimate of drug-likeness (QED) is 0.838. The number of aromatic nitrogens is 1. The summed E-state index contributed by atoms with van der Waals surface area (Å²) in [5, 5.41) is 14.2. The van der Waals surface area contributed by atoms with Gasteiger partial charge in [-0.25, -0.2) is 0 Å². The van der Waals surface area contributed by atoms with Crippen LogP contribution in [0.4, 0.5) is 0 Å². The van der Waals surface area contributed by atoms with Crippen molar-refractivity contribution in [3.05, 3.63) is 30.1 Å². The molecule has 0 bridgehead atoms. The number of hydrogen-bond acceptors (Lipinski definition) is 4. The van der Waals surface area contributed by atoms with Gasteiger partial charge in [0, 0.05) is 37.2 Å². The molecule has 1 heterocycles. The summed E-state index contributed by atoms with van der Waals surface area (Å²) in [6, 6.07) is 6.01. The van der Waals surface area contributed by atoms with Gasteiger partial charge in [-0.1, -0.05) is 19.9 Å². The van der Waals surface area contributed by atoms with E-state index in [4.69, 9.17) is 4.74 Å². The third kappa shape index (κ3) is 2.73. The highest BCUT2D eigenvalue weighted by Crippen LogP contribution is 2.51. The van der Waals surface area contributed by atoms with Gasteiger partial charge in [0.1, 0.15) is 0 Å². The molecule has 0 unspecified atom stereocenters. The summed E-state index contributed by atoms with van der Waals surface area (Å²) in [6.45, 7) is 9.46. The average molecular weight is 278 g/mol. The van der Waals surface area contributed by atoms with Crippen molar-refractivity contribution in [2.45, 2.75) is 51.9 Å². The predicted octanol–water partition coefficient (Wildman–Crippen LogP) is 2.30. The van der Waals surface area contributed by atoms with Crippen LogP contribution in [0.1, 0.15) is 45.9 Å². The molecule has 4 nitrogen and oxygen atoms in total. The zero-order chi connectivity index (χ0) is 14.8. The highest BCUT2D eigenvalue weighted by atomic mass is 16.5. The molecular weight excluding hydrogens is 252 g/mol. The third-order valence-corrected chi connectivity index (χ3v) is 4.73. The van der Waals surface area contributed by atoms with E-state index in [9.17, 15) is 5.11 Å². The van der Waals surface area contributed by atoms with Crippen LogP contribution in [0.5, 0.6) is 0 Å². The van der Waals surface area contributed by atoms with Crippen LogP contribution in [0, 0.1) is 5.41 Å². The standard InChI is InChI=1S/C16H26N2O2/c1-5-20-14-10-16(19,15(14,3)4)11-18-12(2)13-8-6-7-9-17-13/h6-9,12,14,18-19H,5,10-11H2,1-4H3/t12-,14+,16-/m0/s1. The summed E-state index contributed by atoms with van der Waals surface area (Å²) in [5.41, 5.74) is 0.0602. The van der Waals surface area contributed by atoms with Crippen molar-refractivity contribution in [2.75, 3.05) is 13.2 Å². The molecule has 4 heteroatoms. The van der Waals surface area contributed by atoms with E-state index in [1.54, 1.807) is 6.20 Å². The fourth-order valence-corrected chi connectivity index (χ4v) is 2.82. The van der Waals surface area contributed by atoms with Crippen LogP contribution in [-0.4, -0.2) is 34.9 Å². The number of pyridine rings is 1. The van der Waals surface area contributed by atoms with Gasteiger partial charge >= 0.3 is 0 Å². The van der Waals surface area contributed by atoms with Crippen molar-refractivity contribution in [3.63, 3.8) is 0 Å². The fourth-order valence-electron chi connectivity index (χ4n) is 2.82. The lowest BCUT2D eigenvalue weighted by Crippen LogP contribution is -2.68. The van der Waals surface area contributed by atoms with Gasteiger partial charge in [0.05, 0.1) is 17.4 Å². The Morgan fingerprint density at radius 3 is 2.80 bits per heavy atom. The van der Waals surface area contributed by atoms with E-state index in [-0.39, 0.29) is 17.6 Å². The fraction of sp³-hybridized carbons (Fsp3) is 0.688. The molecular formula is C16H26N2O2. The monoisotopic (exact) mass is 278 g/mol. The van der Waals surface area contributed by atoms with E-state index in [2.05, 4.69) is 31.1 Å². The highest BCUT2D eigenvalue weighted by molar-refractivity contribution is 5.13. The van der Waals surface area contributed by atoms with Gasteiger partial charge in [-0.05, 0) is 26.0 Å². The number of hydrogen-bond donors (Lipinski definition) is 2. The van der Waals surface area contributed by atoms with Gasteiger partial charge in [-0.3, -0.25) is 4.98 Å². The molecule has 0 spiro atoms. The summed E-state index contributed by atoms with van der Waals surface area (Å²) in [5.74, 6) is 0. The van der Waals surface area contributed by atoms with Crippen LogP contribution >= 0.6 is 0 Å². The first-order valence-electron chi connectivity index (χ1n) is 7.39. The van der Waals surface area contributed by atoms with Crippen molar-refractivity contribution >= 4 is 0 Å². The molecule has 1 aliphatic carbocycles. The number of nitrogens with zero attached hydrogens (tertiary/aromatic N) is 1. The molecule has 1 aromatic rings. The lowest BCUT2D eigenvalue weighted by molar-refractivity contribution is -0.238. The van der Waals surface area contributed by atoms with Crippen LogP contribution < -0.4 is 5.32 Å². The van der Waals surface area contributed by atoms with Gasteiger partial charge in [-0.15, -0.1) is 0 Å². The van der Waals surface area contributed by atoms with Gasteiger partial charge in [0.15, 0.2) is 0 Å². The lowest BCUT2D eigenvalue weighted by atomic mass is 9.56. The molecule has 3 atom stereocenters. The minimum absolute atomic E-state index is 0.127. The Bertz CT molecular complexity index is 435. The lowest BCUT2D eigenvalue weighted by Gasteiger charge is -2.58. The summed E-state index contributed by atoms with van der Waals surface area (Å²) in [6.07, 6.45) is 2.63. The van der Waals surface area contributed by atoms with Gasteiger partial charge < -0.3 is 15.2 Å². The second-order valence-electron chi connectivity index (χ2n) is 6.26. The van der Waals surface area contributed by atoms with Gasteiger partial charge in [0.25, 0.3) is 0 Å². The van der Waals surface area contributed by atoms with Crippen LogP contribution in [0.3, 0.4) is 0 Å².